The summed E-state index contributed by atoms with van der Waals surface area (Å²) in [5.41, 5.74) is 3.74. The van der Waals surface area contributed by atoms with E-state index in [1.54, 1.807) is 36.0 Å². The number of carboxylic acids is 1. The fraction of sp³-hybridized carbons (Fsp3) is 0.176. The number of aromatic nitrogens is 3. The SMILES string of the molecule is CNC(=O)c1cn2nc[nH+]c(Nc3cc(C(=O)O)ccc3C)c2c1C. The molecule has 0 spiro atoms. The molecule has 0 aliphatic heterocycles. The Morgan fingerprint density at radius 2 is 2.04 bits per heavy atom. The molecule has 0 bridgehead atoms. The number of amides is 1. The number of benzene rings is 1. The van der Waals surface area contributed by atoms with Gasteiger partial charge < -0.3 is 10.4 Å². The van der Waals surface area contributed by atoms with Crippen molar-refractivity contribution in [1.82, 2.24) is 14.9 Å². The Bertz CT molecular complexity index is 993. The summed E-state index contributed by atoms with van der Waals surface area (Å²) in [5, 5.41) is 19.2. The molecule has 8 nitrogen and oxygen atoms in total. The highest BCUT2D eigenvalue weighted by Gasteiger charge is 2.20. The topological polar surface area (TPSA) is 110 Å². The van der Waals surface area contributed by atoms with Gasteiger partial charge in [-0.2, -0.15) is 4.52 Å². The molecular weight excluding hydrogens is 322 g/mol. The number of rotatable bonds is 4. The predicted octanol–water partition coefficient (Wildman–Crippen LogP) is 1.57. The van der Waals surface area contributed by atoms with Gasteiger partial charge in [0.15, 0.2) is 5.52 Å². The van der Waals surface area contributed by atoms with Gasteiger partial charge in [0, 0.05) is 7.05 Å². The third kappa shape index (κ3) is 2.89. The Hall–Kier alpha value is -3.42. The number of hydrogen-bond acceptors (Lipinski definition) is 4. The van der Waals surface area contributed by atoms with Crippen molar-refractivity contribution in [2.75, 3.05) is 12.4 Å². The number of H-pyrrole nitrogens is 1. The van der Waals surface area contributed by atoms with Gasteiger partial charge in [0.05, 0.1) is 17.3 Å². The third-order valence-corrected chi connectivity index (χ3v) is 4.08. The van der Waals surface area contributed by atoms with E-state index in [0.717, 1.165) is 11.1 Å². The fourth-order valence-electron chi connectivity index (χ4n) is 2.68. The average Bonchev–Trinajstić information content (AvgIpc) is 2.94. The van der Waals surface area contributed by atoms with Crippen molar-refractivity contribution in [1.29, 1.82) is 0 Å². The Kier molecular flexibility index (Phi) is 4.10. The highest BCUT2D eigenvalue weighted by atomic mass is 16.4. The molecule has 8 heteroatoms. The maximum atomic E-state index is 12.0. The quantitative estimate of drug-likeness (QED) is 0.668. The largest absolute Gasteiger partial charge is 0.478 e. The van der Waals surface area contributed by atoms with Crippen molar-refractivity contribution in [3.63, 3.8) is 0 Å². The van der Waals surface area contributed by atoms with E-state index in [0.29, 0.717) is 22.6 Å². The molecule has 0 fully saturated rings. The van der Waals surface area contributed by atoms with Crippen molar-refractivity contribution in [3.8, 4) is 0 Å². The number of carbonyl (C=O) groups is 2. The van der Waals surface area contributed by atoms with E-state index >= 15 is 0 Å². The number of aromatic amines is 1. The number of hydrogen-bond donors (Lipinski definition) is 3. The second-order valence-corrected chi connectivity index (χ2v) is 5.66. The van der Waals surface area contributed by atoms with Crippen LogP contribution in [0.15, 0.2) is 30.7 Å². The summed E-state index contributed by atoms with van der Waals surface area (Å²) >= 11 is 0. The molecule has 2 aromatic heterocycles. The second kappa shape index (κ2) is 6.23. The van der Waals surface area contributed by atoms with E-state index in [1.807, 2.05) is 13.8 Å². The van der Waals surface area contributed by atoms with Crippen molar-refractivity contribution in [2.24, 2.45) is 0 Å². The Labute approximate surface area is 143 Å². The van der Waals surface area contributed by atoms with Crippen LogP contribution in [0.4, 0.5) is 11.5 Å². The van der Waals surface area contributed by atoms with Crippen molar-refractivity contribution >= 4 is 28.9 Å². The molecule has 0 unspecified atom stereocenters. The van der Waals surface area contributed by atoms with Crippen LogP contribution < -0.4 is 15.6 Å². The van der Waals surface area contributed by atoms with Gasteiger partial charge in [0.25, 0.3) is 11.7 Å². The number of carbonyl (C=O) groups excluding carboxylic acids is 1. The molecule has 1 aromatic carbocycles. The minimum atomic E-state index is -0.993. The van der Waals surface area contributed by atoms with Crippen molar-refractivity contribution in [2.45, 2.75) is 13.8 Å². The van der Waals surface area contributed by atoms with Gasteiger partial charge in [-0.15, -0.1) is 0 Å². The molecule has 0 saturated carbocycles. The fourth-order valence-corrected chi connectivity index (χ4v) is 2.68. The van der Waals surface area contributed by atoms with Crippen LogP contribution in [0.25, 0.3) is 5.52 Å². The normalized spacial score (nSPS) is 10.7. The molecule has 0 aliphatic rings. The molecule has 2 heterocycles. The molecule has 0 radical (unpaired) electrons. The predicted molar refractivity (Wildman–Crippen MR) is 91.3 cm³/mol. The summed E-state index contributed by atoms with van der Waals surface area (Å²) in [6.45, 7) is 3.72. The van der Waals surface area contributed by atoms with E-state index in [1.165, 1.54) is 6.33 Å². The van der Waals surface area contributed by atoms with E-state index < -0.39 is 5.97 Å². The van der Waals surface area contributed by atoms with Gasteiger partial charge in [-0.05, 0) is 42.2 Å². The Balaban J connectivity index is 2.11. The van der Waals surface area contributed by atoms with Crippen LogP contribution in [-0.2, 0) is 0 Å². The number of carboxylic acid groups (broad SMARTS) is 1. The van der Waals surface area contributed by atoms with Crippen LogP contribution in [0, 0.1) is 13.8 Å². The lowest BCUT2D eigenvalue weighted by molar-refractivity contribution is -0.365. The smallest absolute Gasteiger partial charge is 0.335 e. The average molecular weight is 340 g/mol. The first-order chi connectivity index (χ1) is 11.9. The van der Waals surface area contributed by atoms with Gasteiger partial charge in [-0.1, -0.05) is 6.07 Å². The zero-order chi connectivity index (χ0) is 18.1. The maximum absolute atomic E-state index is 12.0. The minimum absolute atomic E-state index is 0.191. The highest BCUT2D eigenvalue weighted by Crippen LogP contribution is 2.26. The number of anilines is 2. The van der Waals surface area contributed by atoms with Crippen molar-refractivity contribution < 1.29 is 19.7 Å². The lowest BCUT2D eigenvalue weighted by Gasteiger charge is -2.07. The molecule has 0 atom stereocenters. The van der Waals surface area contributed by atoms with Crippen LogP contribution in [0.2, 0.25) is 0 Å². The van der Waals surface area contributed by atoms with E-state index in [4.69, 9.17) is 0 Å². The van der Waals surface area contributed by atoms with Gasteiger partial charge in [-0.25, -0.2) is 9.78 Å². The molecule has 0 aliphatic carbocycles. The van der Waals surface area contributed by atoms with Gasteiger partial charge in [0.1, 0.15) is 5.69 Å². The summed E-state index contributed by atoms with van der Waals surface area (Å²) in [5.74, 6) is -0.570. The first kappa shape index (κ1) is 16.4. The summed E-state index contributed by atoms with van der Waals surface area (Å²) in [7, 11) is 1.57. The summed E-state index contributed by atoms with van der Waals surface area (Å²) in [6, 6.07) is 4.87. The molecule has 4 N–H and O–H groups in total. The second-order valence-electron chi connectivity index (χ2n) is 5.66. The van der Waals surface area contributed by atoms with E-state index in [-0.39, 0.29) is 11.5 Å². The zero-order valence-electron chi connectivity index (χ0n) is 14.0. The van der Waals surface area contributed by atoms with Crippen molar-refractivity contribution in [3.05, 3.63) is 53.0 Å². The monoisotopic (exact) mass is 340 g/mol. The zero-order valence-corrected chi connectivity index (χ0v) is 14.0. The van der Waals surface area contributed by atoms with Crippen LogP contribution in [0.1, 0.15) is 31.8 Å². The van der Waals surface area contributed by atoms with Gasteiger partial charge in [-0.3, -0.25) is 10.1 Å². The third-order valence-electron chi connectivity index (χ3n) is 4.08. The maximum Gasteiger partial charge on any atom is 0.335 e. The van der Waals surface area contributed by atoms with E-state index in [2.05, 4.69) is 20.7 Å². The minimum Gasteiger partial charge on any atom is -0.478 e. The Morgan fingerprint density at radius 3 is 2.72 bits per heavy atom. The van der Waals surface area contributed by atoms with Gasteiger partial charge in [0.2, 0.25) is 6.33 Å². The molecule has 3 aromatic rings. The highest BCUT2D eigenvalue weighted by molar-refractivity contribution is 5.98. The van der Waals surface area contributed by atoms with E-state index in [9.17, 15) is 14.7 Å². The number of aromatic carboxylic acids is 1. The summed E-state index contributed by atoms with van der Waals surface area (Å²) in [6.07, 6.45) is 3.15. The number of fused-ring (bicyclic) bond motifs is 1. The lowest BCUT2D eigenvalue weighted by Crippen LogP contribution is -2.17. The first-order valence-corrected chi connectivity index (χ1v) is 7.64. The number of aryl methyl sites for hydroxylation is 2. The van der Waals surface area contributed by atoms with Crippen LogP contribution in [0.5, 0.6) is 0 Å². The van der Waals surface area contributed by atoms with Gasteiger partial charge >= 0.3 is 5.97 Å². The number of nitrogens with zero attached hydrogens (tertiary/aromatic N) is 2. The van der Waals surface area contributed by atoms with Crippen LogP contribution in [-0.4, -0.2) is 33.6 Å². The molecular formula is C17H18N5O3+. The molecule has 0 saturated heterocycles. The first-order valence-electron chi connectivity index (χ1n) is 7.64. The summed E-state index contributed by atoms with van der Waals surface area (Å²) in [4.78, 5) is 26.2. The Morgan fingerprint density at radius 1 is 1.28 bits per heavy atom. The standard InChI is InChI=1S/C17H17N5O3/c1-9-4-5-11(17(24)25)6-13(9)21-15-14-10(2)12(16(23)18-3)7-22(14)20-8-19-15/h4-8H,1-3H3,(H,18,23)(H,24,25)(H,19,20,21)/p+1. The molecule has 3 rings (SSSR count). The lowest BCUT2D eigenvalue weighted by atomic mass is 10.1. The van der Waals surface area contributed by atoms with Crippen LogP contribution >= 0.6 is 0 Å². The summed E-state index contributed by atoms with van der Waals surface area (Å²) < 4.78 is 1.61. The molecule has 128 valence electrons. The number of nitrogens with one attached hydrogen (secondary N) is 3. The molecule has 25 heavy (non-hydrogen) atoms. The molecule has 1 amide bonds. The van der Waals surface area contributed by atoms with Crippen LogP contribution in [0.3, 0.4) is 0 Å².